The SMILES string of the molecule is CCNC(=NCC(O)COC(C)c1ccccc1)N1CCCC1.I. The third kappa shape index (κ3) is 6.94. The van der Waals surface area contributed by atoms with Crippen LogP contribution in [0.3, 0.4) is 0 Å². The van der Waals surface area contributed by atoms with Gasteiger partial charge in [0.2, 0.25) is 0 Å². The lowest BCUT2D eigenvalue weighted by molar-refractivity contribution is 0.00106. The van der Waals surface area contributed by atoms with E-state index < -0.39 is 6.10 Å². The molecule has 2 N–H and O–H groups in total. The third-order valence-electron chi connectivity index (χ3n) is 4.00. The Morgan fingerprint density at radius 1 is 1.29 bits per heavy atom. The van der Waals surface area contributed by atoms with Crippen LogP contribution in [0.5, 0.6) is 0 Å². The number of aliphatic hydroxyl groups excluding tert-OH is 1. The fourth-order valence-electron chi connectivity index (χ4n) is 2.67. The molecule has 0 radical (unpaired) electrons. The van der Waals surface area contributed by atoms with E-state index in [0.717, 1.165) is 31.2 Å². The summed E-state index contributed by atoms with van der Waals surface area (Å²) in [4.78, 5) is 6.80. The van der Waals surface area contributed by atoms with Crippen LogP contribution in [0.1, 0.15) is 38.4 Å². The number of benzene rings is 1. The van der Waals surface area contributed by atoms with E-state index in [-0.39, 0.29) is 30.1 Å². The summed E-state index contributed by atoms with van der Waals surface area (Å²) in [6.45, 7) is 7.64. The van der Waals surface area contributed by atoms with E-state index in [1.165, 1.54) is 12.8 Å². The van der Waals surface area contributed by atoms with Gasteiger partial charge in [0.25, 0.3) is 0 Å². The number of hydrogen-bond donors (Lipinski definition) is 2. The molecule has 2 atom stereocenters. The predicted octanol–water partition coefficient (Wildman–Crippen LogP) is 2.80. The summed E-state index contributed by atoms with van der Waals surface area (Å²) in [5.74, 6) is 0.903. The zero-order valence-electron chi connectivity index (χ0n) is 14.6. The first-order valence-electron chi connectivity index (χ1n) is 8.58. The molecule has 0 saturated carbocycles. The van der Waals surface area contributed by atoms with Crippen molar-refractivity contribution in [2.24, 2.45) is 4.99 Å². The van der Waals surface area contributed by atoms with Gasteiger partial charge in [-0.05, 0) is 32.3 Å². The van der Waals surface area contributed by atoms with Crippen LogP contribution >= 0.6 is 24.0 Å². The van der Waals surface area contributed by atoms with Gasteiger partial charge >= 0.3 is 0 Å². The van der Waals surface area contributed by atoms with Gasteiger partial charge in [0, 0.05) is 19.6 Å². The minimum Gasteiger partial charge on any atom is -0.389 e. The van der Waals surface area contributed by atoms with E-state index in [9.17, 15) is 5.11 Å². The van der Waals surface area contributed by atoms with Crippen LogP contribution in [0.2, 0.25) is 0 Å². The number of likely N-dealkylation sites (tertiary alicyclic amines) is 1. The third-order valence-corrected chi connectivity index (χ3v) is 4.00. The second-order valence-corrected chi connectivity index (χ2v) is 5.93. The van der Waals surface area contributed by atoms with Gasteiger partial charge in [-0.15, -0.1) is 24.0 Å². The molecule has 2 rings (SSSR count). The molecule has 1 fully saturated rings. The molecule has 1 aromatic rings. The fourth-order valence-corrected chi connectivity index (χ4v) is 2.67. The Bertz CT molecular complexity index is 478. The van der Waals surface area contributed by atoms with E-state index in [0.29, 0.717) is 13.2 Å². The number of halogens is 1. The zero-order valence-corrected chi connectivity index (χ0v) is 17.0. The van der Waals surface area contributed by atoms with Crippen LogP contribution in [0.15, 0.2) is 35.3 Å². The molecule has 6 heteroatoms. The van der Waals surface area contributed by atoms with Crippen molar-refractivity contribution >= 4 is 29.9 Å². The minimum absolute atomic E-state index is 0. The molecule has 5 nitrogen and oxygen atoms in total. The molecule has 24 heavy (non-hydrogen) atoms. The molecule has 1 aromatic carbocycles. The fraction of sp³-hybridized carbons (Fsp3) is 0.611. The quantitative estimate of drug-likeness (QED) is 0.384. The second-order valence-electron chi connectivity index (χ2n) is 5.93. The first-order chi connectivity index (χ1) is 11.2. The molecule has 0 bridgehead atoms. The van der Waals surface area contributed by atoms with Gasteiger partial charge in [-0.3, -0.25) is 4.99 Å². The average Bonchev–Trinajstić information content (AvgIpc) is 3.11. The first-order valence-corrected chi connectivity index (χ1v) is 8.58. The Morgan fingerprint density at radius 2 is 1.96 bits per heavy atom. The Balaban J connectivity index is 0.00000288. The van der Waals surface area contributed by atoms with Crippen LogP contribution in [-0.4, -0.2) is 54.9 Å². The molecule has 1 saturated heterocycles. The van der Waals surface area contributed by atoms with E-state index in [1.54, 1.807) is 0 Å². The normalized spacial score (nSPS) is 17.3. The maximum absolute atomic E-state index is 10.1. The van der Waals surface area contributed by atoms with E-state index in [4.69, 9.17) is 4.74 Å². The molecular formula is C18H30IN3O2. The van der Waals surface area contributed by atoms with E-state index in [2.05, 4.69) is 22.1 Å². The van der Waals surface area contributed by atoms with Crippen LogP contribution in [0.25, 0.3) is 0 Å². The Kier molecular flexibility index (Phi) is 10.3. The molecule has 0 amide bonds. The largest absolute Gasteiger partial charge is 0.389 e. The number of ether oxygens (including phenoxy) is 1. The smallest absolute Gasteiger partial charge is 0.194 e. The van der Waals surface area contributed by atoms with Crippen LogP contribution in [-0.2, 0) is 4.74 Å². The topological polar surface area (TPSA) is 57.1 Å². The summed E-state index contributed by atoms with van der Waals surface area (Å²) < 4.78 is 5.75. The molecule has 1 aliphatic heterocycles. The number of nitrogens with zero attached hydrogens (tertiary/aromatic N) is 2. The van der Waals surface area contributed by atoms with Gasteiger partial charge in [0.05, 0.1) is 25.4 Å². The van der Waals surface area contributed by atoms with Crippen molar-refractivity contribution in [3.63, 3.8) is 0 Å². The summed E-state index contributed by atoms with van der Waals surface area (Å²) in [6, 6.07) is 10.0. The van der Waals surface area contributed by atoms with Crippen molar-refractivity contribution in [1.82, 2.24) is 10.2 Å². The predicted molar refractivity (Wildman–Crippen MR) is 109 cm³/mol. The Labute approximate surface area is 162 Å². The maximum Gasteiger partial charge on any atom is 0.194 e. The van der Waals surface area contributed by atoms with Gasteiger partial charge in [0.15, 0.2) is 5.96 Å². The molecular weight excluding hydrogens is 417 g/mol. The van der Waals surface area contributed by atoms with Crippen molar-refractivity contribution in [3.8, 4) is 0 Å². The number of nitrogens with one attached hydrogen (secondary N) is 1. The molecule has 136 valence electrons. The number of aliphatic hydroxyl groups is 1. The zero-order chi connectivity index (χ0) is 16.5. The summed E-state index contributed by atoms with van der Waals surface area (Å²) in [5, 5.41) is 13.4. The second kappa shape index (κ2) is 11.7. The monoisotopic (exact) mass is 447 g/mol. The molecule has 0 spiro atoms. The van der Waals surface area contributed by atoms with Crippen molar-refractivity contribution in [2.75, 3.05) is 32.8 Å². The highest BCUT2D eigenvalue weighted by Gasteiger charge is 2.16. The van der Waals surface area contributed by atoms with Crippen LogP contribution in [0.4, 0.5) is 0 Å². The molecule has 1 heterocycles. The van der Waals surface area contributed by atoms with Gasteiger partial charge in [-0.2, -0.15) is 0 Å². The highest BCUT2D eigenvalue weighted by Crippen LogP contribution is 2.16. The average molecular weight is 447 g/mol. The lowest BCUT2D eigenvalue weighted by Gasteiger charge is -2.21. The Morgan fingerprint density at radius 3 is 2.58 bits per heavy atom. The first kappa shape index (κ1) is 21.2. The van der Waals surface area contributed by atoms with Crippen molar-refractivity contribution in [2.45, 2.75) is 38.9 Å². The van der Waals surface area contributed by atoms with Gasteiger partial charge in [-0.1, -0.05) is 30.3 Å². The minimum atomic E-state index is -0.586. The number of rotatable bonds is 7. The molecule has 1 aliphatic rings. The number of hydrogen-bond acceptors (Lipinski definition) is 3. The summed E-state index contributed by atoms with van der Waals surface area (Å²) in [7, 11) is 0. The standard InChI is InChI=1S/C18H29N3O2.HI/c1-3-19-18(21-11-7-8-12-21)20-13-17(22)14-23-15(2)16-9-5-4-6-10-16;/h4-6,9-10,15,17,22H,3,7-8,11-14H2,1-2H3,(H,19,20);1H. The van der Waals surface area contributed by atoms with Crippen molar-refractivity contribution in [3.05, 3.63) is 35.9 Å². The van der Waals surface area contributed by atoms with Crippen LogP contribution < -0.4 is 5.32 Å². The number of guanidine groups is 1. The van der Waals surface area contributed by atoms with Crippen molar-refractivity contribution in [1.29, 1.82) is 0 Å². The Hall–Kier alpha value is -0.860. The van der Waals surface area contributed by atoms with Gasteiger partial charge in [0.1, 0.15) is 0 Å². The van der Waals surface area contributed by atoms with Crippen LogP contribution in [0, 0.1) is 0 Å². The summed E-state index contributed by atoms with van der Waals surface area (Å²) in [6.07, 6.45) is 1.81. The highest BCUT2D eigenvalue weighted by molar-refractivity contribution is 14.0. The highest BCUT2D eigenvalue weighted by atomic mass is 127. The number of aliphatic imine (C=N–C) groups is 1. The summed E-state index contributed by atoms with van der Waals surface area (Å²) in [5.41, 5.74) is 1.12. The van der Waals surface area contributed by atoms with Gasteiger partial charge < -0.3 is 20.1 Å². The molecule has 0 aromatic heterocycles. The lowest BCUT2D eigenvalue weighted by atomic mass is 10.1. The summed E-state index contributed by atoms with van der Waals surface area (Å²) >= 11 is 0. The van der Waals surface area contributed by atoms with E-state index >= 15 is 0 Å². The van der Waals surface area contributed by atoms with Gasteiger partial charge in [-0.25, -0.2) is 0 Å². The van der Waals surface area contributed by atoms with E-state index in [1.807, 2.05) is 37.3 Å². The lowest BCUT2D eigenvalue weighted by Crippen LogP contribution is -2.40. The maximum atomic E-state index is 10.1. The molecule has 0 aliphatic carbocycles. The molecule has 2 unspecified atom stereocenters. The van der Waals surface area contributed by atoms with Crippen molar-refractivity contribution < 1.29 is 9.84 Å².